The van der Waals surface area contributed by atoms with Crippen molar-refractivity contribution in [3.05, 3.63) is 29.0 Å². The fourth-order valence-corrected chi connectivity index (χ4v) is 1.75. The van der Waals surface area contributed by atoms with Crippen LogP contribution in [0.25, 0.3) is 0 Å². The molecule has 7 heteroatoms. The van der Waals surface area contributed by atoms with Gasteiger partial charge in [0.25, 0.3) is 0 Å². The number of benzene rings is 1. The molecular formula is C7H5BClF4S-. The van der Waals surface area contributed by atoms with Gasteiger partial charge in [-0.1, -0.05) is 11.6 Å². The highest BCUT2D eigenvalue weighted by atomic mass is 35.5. The van der Waals surface area contributed by atoms with Gasteiger partial charge in [-0.3, -0.25) is 0 Å². The highest BCUT2D eigenvalue weighted by Crippen LogP contribution is 2.27. The maximum atomic E-state index is 12.6. The minimum Gasteiger partial charge on any atom is -0.448 e. The van der Waals surface area contributed by atoms with Gasteiger partial charge in [-0.05, 0) is 23.9 Å². The van der Waals surface area contributed by atoms with E-state index in [4.69, 9.17) is 11.6 Å². The van der Waals surface area contributed by atoms with Gasteiger partial charge in [0.15, 0.2) is 0 Å². The van der Waals surface area contributed by atoms with Gasteiger partial charge in [0.2, 0.25) is 0 Å². The quantitative estimate of drug-likeness (QED) is 0.440. The summed E-state index contributed by atoms with van der Waals surface area (Å²) in [5, 5.41) is -0.162. The molecule has 14 heavy (non-hydrogen) atoms. The van der Waals surface area contributed by atoms with Crippen LogP contribution in [0.1, 0.15) is 0 Å². The predicted molar refractivity (Wildman–Crippen MR) is 51.2 cm³/mol. The van der Waals surface area contributed by atoms with Crippen molar-refractivity contribution in [1.29, 1.82) is 0 Å². The minimum absolute atomic E-state index is 0.162. The molecule has 0 aliphatic heterocycles. The molecule has 0 saturated heterocycles. The first-order chi connectivity index (χ1) is 6.38. The summed E-state index contributed by atoms with van der Waals surface area (Å²) >= 11 is 6.00. The highest BCUT2D eigenvalue weighted by Gasteiger charge is 2.22. The third kappa shape index (κ3) is 3.80. The van der Waals surface area contributed by atoms with Gasteiger partial charge >= 0.3 is 6.98 Å². The standard InChI is InChI=1S/C7H5BClF4S/c9-6-3-5(1-2-7(6)10)14-4-8(11,12)13/h1-3H,4H2/q-1. The number of hydrogen-bond acceptors (Lipinski definition) is 1. The van der Waals surface area contributed by atoms with E-state index in [0.29, 0.717) is 16.7 Å². The van der Waals surface area contributed by atoms with Crippen molar-refractivity contribution in [2.24, 2.45) is 0 Å². The van der Waals surface area contributed by atoms with Crippen molar-refractivity contribution >= 4 is 30.3 Å². The lowest BCUT2D eigenvalue weighted by Crippen LogP contribution is -2.18. The Morgan fingerprint density at radius 2 is 1.93 bits per heavy atom. The maximum Gasteiger partial charge on any atom is 0.488 e. The largest absolute Gasteiger partial charge is 0.488 e. The van der Waals surface area contributed by atoms with E-state index in [1.165, 1.54) is 12.1 Å². The number of halogens is 5. The zero-order valence-corrected chi connectivity index (χ0v) is 8.39. The molecular weight excluding hydrogens is 238 g/mol. The molecule has 0 spiro atoms. The lowest BCUT2D eigenvalue weighted by Gasteiger charge is -2.12. The normalized spacial score (nSPS) is 11.8. The topological polar surface area (TPSA) is 0 Å². The summed E-state index contributed by atoms with van der Waals surface area (Å²) in [6, 6.07) is 3.51. The molecule has 0 bridgehead atoms. The molecule has 1 aromatic carbocycles. The zero-order chi connectivity index (χ0) is 10.8. The predicted octanol–water partition coefficient (Wildman–Crippen LogP) is 3.96. The van der Waals surface area contributed by atoms with Gasteiger partial charge in [-0.15, -0.1) is 0 Å². The van der Waals surface area contributed by atoms with Crippen LogP contribution < -0.4 is 0 Å². The van der Waals surface area contributed by atoms with Gasteiger partial charge in [0, 0.05) is 4.90 Å². The molecule has 78 valence electrons. The van der Waals surface area contributed by atoms with Crippen LogP contribution >= 0.6 is 23.4 Å². The molecule has 0 unspecified atom stereocenters. The molecule has 1 rings (SSSR count). The van der Waals surface area contributed by atoms with Crippen LogP contribution in [0.4, 0.5) is 17.3 Å². The van der Waals surface area contributed by atoms with Crippen LogP contribution in [0.5, 0.6) is 0 Å². The molecule has 0 aromatic heterocycles. The van der Waals surface area contributed by atoms with E-state index in [9.17, 15) is 17.3 Å². The summed E-state index contributed by atoms with van der Waals surface area (Å²) in [6.07, 6.45) is 0. The minimum atomic E-state index is -4.82. The Kier molecular flexibility index (Phi) is 3.72. The first-order valence-electron chi connectivity index (χ1n) is 3.67. The zero-order valence-electron chi connectivity index (χ0n) is 6.81. The Hall–Kier alpha value is -0.355. The SMILES string of the molecule is Fc1ccc(SC[B-](F)(F)F)cc1Cl. The fraction of sp³-hybridized carbons (Fsp3) is 0.143. The van der Waals surface area contributed by atoms with Gasteiger partial charge in [0.05, 0.1) is 5.02 Å². The van der Waals surface area contributed by atoms with E-state index >= 15 is 0 Å². The molecule has 0 amide bonds. The number of rotatable bonds is 3. The monoisotopic (exact) mass is 243 g/mol. The second-order valence-electron chi connectivity index (χ2n) is 2.60. The summed E-state index contributed by atoms with van der Waals surface area (Å²) in [5.41, 5.74) is -0.942. The van der Waals surface area contributed by atoms with Crippen molar-refractivity contribution in [3.8, 4) is 0 Å². The summed E-state index contributed by atoms with van der Waals surface area (Å²) in [6.45, 7) is -4.82. The summed E-state index contributed by atoms with van der Waals surface area (Å²) in [5.74, 6) is -0.631. The Bertz CT molecular complexity index is 328. The van der Waals surface area contributed by atoms with Crippen LogP contribution in [-0.4, -0.2) is 12.6 Å². The Morgan fingerprint density at radius 1 is 1.29 bits per heavy atom. The van der Waals surface area contributed by atoms with Crippen LogP contribution in [0.2, 0.25) is 5.02 Å². The first kappa shape index (κ1) is 11.7. The van der Waals surface area contributed by atoms with E-state index in [1.807, 2.05) is 0 Å². The summed E-state index contributed by atoms with van der Waals surface area (Å²) in [7, 11) is 0. The van der Waals surface area contributed by atoms with Gasteiger partial charge in [-0.25, -0.2) is 4.39 Å². The van der Waals surface area contributed by atoms with Crippen LogP contribution in [0.15, 0.2) is 23.1 Å². The average Bonchev–Trinajstić information content (AvgIpc) is 2.06. The fourth-order valence-electron chi connectivity index (χ4n) is 0.757. The third-order valence-corrected chi connectivity index (χ3v) is 2.75. The van der Waals surface area contributed by atoms with Crippen LogP contribution in [-0.2, 0) is 0 Å². The van der Waals surface area contributed by atoms with Gasteiger partial charge in [0.1, 0.15) is 5.82 Å². The van der Waals surface area contributed by atoms with E-state index < -0.39 is 18.4 Å². The molecule has 1 aromatic rings. The van der Waals surface area contributed by atoms with E-state index in [1.54, 1.807) is 0 Å². The van der Waals surface area contributed by atoms with Crippen LogP contribution in [0, 0.1) is 5.82 Å². The van der Waals surface area contributed by atoms with Crippen molar-refractivity contribution < 1.29 is 17.3 Å². The molecule has 0 aliphatic carbocycles. The maximum absolute atomic E-state index is 12.6. The Morgan fingerprint density at radius 3 is 2.43 bits per heavy atom. The average molecular weight is 243 g/mol. The van der Waals surface area contributed by atoms with Gasteiger partial charge in [-0.2, -0.15) is 11.8 Å². The number of thioether (sulfide) groups is 1. The van der Waals surface area contributed by atoms with Crippen molar-refractivity contribution in [2.75, 3.05) is 5.65 Å². The second kappa shape index (κ2) is 4.44. The lowest BCUT2D eigenvalue weighted by atomic mass is 9.98. The van der Waals surface area contributed by atoms with E-state index in [2.05, 4.69) is 0 Å². The van der Waals surface area contributed by atoms with Crippen molar-refractivity contribution in [1.82, 2.24) is 0 Å². The third-order valence-electron chi connectivity index (χ3n) is 1.33. The molecule has 0 atom stereocenters. The van der Waals surface area contributed by atoms with Crippen molar-refractivity contribution in [2.45, 2.75) is 4.90 Å². The summed E-state index contributed by atoms with van der Waals surface area (Å²) < 4.78 is 48.2. The molecule has 0 radical (unpaired) electrons. The van der Waals surface area contributed by atoms with E-state index in [0.717, 1.165) is 6.07 Å². The lowest BCUT2D eigenvalue weighted by molar-refractivity contribution is 0.485. The Labute approximate surface area is 87.7 Å². The molecule has 0 aliphatic rings. The smallest absolute Gasteiger partial charge is 0.448 e. The molecule has 0 heterocycles. The molecule has 0 N–H and O–H groups in total. The Balaban J connectivity index is 2.65. The second-order valence-corrected chi connectivity index (χ2v) is 4.10. The molecule has 0 nitrogen and oxygen atoms in total. The highest BCUT2D eigenvalue weighted by molar-refractivity contribution is 8.00. The molecule has 0 fully saturated rings. The first-order valence-corrected chi connectivity index (χ1v) is 5.04. The van der Waals surface area contributed by atoms with E-state index in [-0.39, 0.29) is 5.02 Å². The summed E-state index contributed by atoms with van der Waals surface area (Å²) in [4.78, 5) is 0.315. The molecule has 0 saturated carbocycles. The van der Waals surface area contributed by atoms with Crippen molar-refractivity contribution in [3.63, 3.8) is 0 Å². The van der Waals surface area contributed by atoms with Crippen LogP contribution in [0.3, 0.4) is 0 Å². The number of hydrogen-bond donors (Lipinski definition) is 0. The van der Waals surface area contributed by atoms with Gasteiger partial charge < -0.3 is 12.9 Å².